The first-order chi connectivity index (χ1) is 14.0. The Morgan fingerprint density at radius 1 is 1.07 bits per heavy atom. The van der Waals surface area contributed by atoms with Crippen LogP contribution in [-0.2, 0) is 11.2 Å². The number of carbonyl (C=O) groups is 1. The van der Waals surface area contributed by atoms with Crippen molar-refractivity contribution in [3.63, 3.8) is 0 Å². The summed E-state index contributed by atoms with van der Waals surface area (Å²) in [6, 6.07) is 14.1. The van der Waals surface area contributed by atoms with Gasteiger partial charge < -0.3 is 9.47 Å². The molecule has 0 atom stereocenters. The van der Waals surface area contributed by atoms with Gasteiger partial charge in [0.15, 0.2) is 0 Å². The average Bonchev–Trinajstić information content (AvgIpc) is 2.69. The number of hydrogen-bond acceptors (Lipinski definition) is 5. The first-order valence-electron chi connectivity index (χ1n) is 9.05. The fraction of sp³-hybridized carbons (Fsp3) is 0.136. The zero-order valence-corrected chi connectivity index (χ0v) is 16.0. The summed E-state index contributed by atoms with van der Waals surface area (Å²) in [5.74, 6) is 0.604. The third-order valence-corrected chi connectivity index (χ3v) is 4.14. The van der Waals surface area contributed by atoms with Crippen LogP contribution in [0.4, 0.5) is 0 Å². The molecule has 3 aromatic rings. The topological polar surface area (TPSA) is 101 Å². The molecule has 148 valence electrons. The summed E-state index contributed by atoms with van der Waals surface area (Å²) < 4.78 is 11.0. The number of carbonyl (C=O) groups excluding carboxylic acids is 1. The van der Waals surface area contributed by atoms with E-state index in [0.717, 1.165) is 11.1 Å². The van der Waals surface area contributed by atoms with Crippen molar-refractivity contribution in [3.05, 3.63) is 92.1 Å². The Kier molecular flexibility index (Phi) is 6.09. The zero-order chi connectivity index (χ0) is 20.8. The van der Waals surface area contributed by atoms with Gasteiger partial charge in [0.05, 0.1) is 5.56 Å². The third kappa shape index (κ3) is 5.10. The Morgan fingerprint density at radius 2 is 1.83 bits per heavy atom. The largest absolute Gasteiger partial charge is 0.440 e. The molecule has 0 spiro atoms. The average molecular weight is 392 g/mol. The summed E-state index contributed by atoms with van der Waals surface area (Å²) >= 11 is 0. The third-order valence-electron chi connectivity index (χ3n) is 4.14. The molecule has 0 aliphatic heterocycles. The lowest BCUT2D eigenvalue weighted by atomic mass is 10.1. The molecule has 2 aromatic carbocycles. The highest BCUT2D eigenvalue weighted by molar-refractivity contribution is 5.88. The molecule has 2 N–H and O–H groups in total. The molecule has 7 nitrogen and oxygen atoms in total. The second-order valence-electron chi connectivity index (χ2n) is 6.26. The molecule has 0 bridgehead atoms. The summed E-state index contributed by atoms with van der Waals surface area (Å²) in [5, 5.41) is 0. The van der Waals surface area contributed by atoms with Gasteiger partial charge in [-0.2, -0.15) is 0 Å². The molecule has 0 saturated carbocycles. The van der Waals surface area contributed by atoms with Gasteiger partial charge in [-0.05, 0) is 54.8 Å². The number of ether oxygens (including phenoxy) is 2. The van der Waals surface area contributed by atoms with Gasteiger partial charge in [0.25, 0.3) is 5.56 Å². The number of esters is 1. The lowest BCUT2D eigenvalue weighted by Crippen LogP contribution is -2.25. The SMILES string of the molecule is CCc1c(Oc2ccc(/C=C/C(=O)Oc3ccccc3)cc2C)[nH]c(=O)[nH]c1=O. The minimum Gasteiger partial charge on any atom is -0.440 e. The molecule has 0 aliphatic rings. The van der Waals surface area contributed by atoms with E-state index < -0.39 is 17.2 Å². The van der Waals surface area contributed by atoms with E-state index in [1.165, 1.54) is 6.08 Å². The molecule has 0 unspecified atom stereocenters. The van der Waals surface area contributed by atoms with Crippen LogP contribution in [0.25, 0.3) is 6.08 Å². The van der Waals surface area contributed by atoms with Gasteiger partial charge in [-0.25, -0.2) is 9.59 Å². The van der Waals surface area contributed by atoms with Crippen LogP contribution in [0.2, 0.25) is 0 Å². The molecule has 1 heterocycles. The van der Waals surface area contributed by atoms with E-state index in [1.54, 1.807) is 49.4 Å². The molecule has 0 saturated heterocycles. The highest BCUT2D eigenvalue weighted by atomic mass is 16.5. The number of para-hydroxylation sites is 1. The van der Waals surface area contributed by atoms with Crippen LogP contribution in [0.3, 0.4) is 0 Å². The van der Waals surface area contributed by atoms with Gasteiger partial charge in [-0.3, -0.25) is 14.8 Å². The van der Waals surface area contributed by atoms with Crippen molar-refractivity contribution in [3.8, 4) is 17.4 Å². The Bertz CT molecular complexity index is 1160. The second-order valence-corrected chi connectivity index (χ2v) is 6.26. The van der Waals surface area contributed by atoms with Crippen molar-refractivity contribution < 1.29 is 14.3 Å². The predicted octanol–water partition coefficient (Wildman–Crippen LogP) is 3.35. The van der Waals surface area contributed by atoms with Crippen molar-refractivity contribution in [2.75, 3.05) is 0 Å². The Balaban J connectivity index is 1.75. The Hall–Kier alpha value is -3.87. The normalized spacial score (nSPS) is 10.8. The molecule has 29 heavy (non-hydrogen) atoms. The van der Waals surface area contributed by atoms with E-state index in [1.807, 2.05) is 19.1 Å². The molecule has 1 aromatic heterocycles. The van der Waals surface area contributed by atoms with Crippen LogP contribution in [0, 0.1) is 6.92 Å². The van der Waals surface area contributed by atoms with Crippen molar-refractivity contribution >= 4 is 12.0 Å². The fourth-order valence-electron chi connectivity index (χ4n) is 2.70. The van der Waals surface area contributed by atoms with Gasteiger partial charge in [0.2, 0.25) is 5.88 Å². The molecule has 3 rings (SSSR count). The minimum absolute atomic E-state index is 0.124. The maximum Gasteiger partial charge on any atom is 0.336 e. The van der Waals surface area contributed by atoms with Crippen molar-refractivity contribution in [2.45, 2.75) is 20.3 Å². The number of hydrogen-bond donors (Lipinski definition) is 2. The molecular weight excluding hydrogens is 372 g/mol. The molecule has 0 fully saturated rings. The van der Waals surface area contributed by atoms with Gasteiger partial charge in [0, 0.05) is 6.08 Å². The maximum absolute atomic E-state index is 11.9. The smallest absolute Gasteiger partial charge is 0.336 e. The summed E-state index contributed by atoms with van der Waals surface area (Å²) in [7, 11) is 0. The number of rotatable bonds is 6. The molecule has 0 radical (unpaired) electrons. The van der Waals surface area contributed by atoms with Gasteiger partial charge in [-0.1, -0.05) is 31.2 Å². The van der Waals surface area contributed by atoms with Crippen molar-refractivity contribution in [2.24, 2.45) is 0 Å². The summed E-state index contributed by atoms with van der Waals surface area (Å²) in [6.45, 7) is 3.62. The maximum atomic E-state index is 11.9. The van der Waals surface area contributed by atoms with E-state index in [-0.39, 0.29) is 5.88 Å². The molecule has 7 heteroatoms. The second kappa shape index (κ2) is 8.88. The summed E-state index contributed by atoms with van der Waals surface area (Å²) in [4.78, 5) is 40.0. The lowest BCUT2D eigenvalue weighted by molar-refractivity contribution is -0.128. The zero-order valence-electron chi connectivity index (χ0n) is 16.0. The highest BCUT2D eigenvalue weighted by Gasteiger charge is 2.11. The number of aromatic nitrogens is 2. The van der Waals surface area contributed by atoms with Gasteiger partial charge in [-0.15, -0.1) is 0 Å². The van der Waals surface area contributed by atoms with E-state index in [4.69, 9.17) is 9.47 Å². The fourth-order valence-corrected chi connectivity index (χ4v) is 2.70. The standard InChI is InChI=1S/C22H20N2O5/c1-3-17-20(26)23-22(27)24-21(17)29-18-11-9-15(13-14(18)2)10-12-19(25)28-16-7-5-4-6-8-16/h4-13H,3H2,1-2H3,(H2,23,24,26,27)/b12-10+. The summed E-state index contributed by atoms with van der Waals surface area (Å²) in [6.07, 6.45) is 3.38. The number of nitrogens with one attached hydrogen (secondary N) is 2. The molecule has 0 amide bonds. The van der Waals surface area contributed by atoms with Gasteiger partial charge >= 0.3 is 11.7 Å². The monoisotopic (exact) mass is 392 g/mol. The number of benzene rings is 2. The highest BCUT2D eigenvalue weighted by Crippen LogP contribution is 2.25. The Morgan fingerprint density at radius 3 is 2.52 bits per heavy atom. The van der Waals surface area contributed by atoms with Crippen LogP contribution in [0.15, 0.2) is 64.2 Å². The van der Waals surface area contributed by atoms with E-state index in [0.29, 0.717) is 23.5 Å². The van der Waals surface area contributed by atoms with Crippen LogP contribution in [0.5, 0.6) is 17.4 Å². The van der Waals surface area contributed by atoms with Crippen molar-refractivity contribution in [1.29, 1.82) is 0 Å². The first-order valence-corrected chi connectivity index (χ1v) is 9.05. The van der Waals surface area contributed by atoms with Crippen LogP contribution < -0.4 is 20.7 Å². The van der Waals surface area contributed by atoms with E-state index in [2.05, 4.69) is 9.97 Å². The van der Waals surface area contributed by atoms with Crippen molar-refractivity contribution in [1.82, 2.24) is 9.97 Å². The van der Waals surface area contributed by atoms with Crippen LogP contribution in [-0.4, -0.2) is 15.9 Å². The number of aryl methyl sites for hydroxylation is 1. The van der Waals surface area contributed by atoms with E-state index >= 15 is 0 Å². The summed E-state index contributed by atoms with van der Waals surface area (Å²) in [5.41, 5.74) is 0.801. The molecule has 0 aliphatic carbocycles. The van der Waals surface area contributed by atoms with Crippen LogP contribution in [0.1, 0.15) is 23.6 Å². The first kappa shape index (κ1) is 19.9. The molecular formula is C22H20N2O5. The number of H-pyrrole nitrogens is 2. The number of aromatic amines is 2. The minimum atomic E-state index is -0.628. The van der Waals surface area contributed by atoms with Crippen LogP contribution >= 0.6 is 0 Å². The quantitative estimate of drug-likeness (QED) is 0.381. The lowest BCUT2D eigenvalue weighted by Gasteiger charge is -2.11. The predicted molar refractivity (Wildman–Crippen MR) is 109 cm³/mol. The van der Waals surface area contributed by atoms with Gasteiger partial charge in [0.1, 0.15) is 11.5 Å². The Labute approximate surface area is 166 Å². The van der Waals surface area contributed by atoms with E-state index in [9.17, 15) is 14.4 Å².